The number of halogens is 2. The Kier molecular flexibility index (Phi) is 3.70. The Morgan fingerprint density at radius 2 is 1.31 bits per heavy atom. The molecule has 0 unspecified atom stereocenters. The first-order chi connectivity index (χ1) is 7.75. The summed E-state index contributed by atoms with van der Waals surface area (Å²) in [4.78, 5) is -0.495. The number of rotatable bonds is 3. The van der Waals surface area contributed by atoms with Crippen molar-refractivity contribution in [1.29, 1.82) is 0 Å². The van der Waals surface area contributed by atoms with Crippen molar-refractivity contribution in [2.75, 3.05) is 0 Å². The van der Waals surface area contributed by atoms with E-state index in [2.05, 4.69) is 0 Å². The minimum absolute atomic E-state index is 0.495. The van der Waals surface area contributed by atoms with Gasteiger partial charge in [-0.3, -0.25) is 0 Å². The first-order valence-corrected chi connectivity index (χ1v) is 5.74. The molecule has 0 heterocycles. The molecule has 2 rings (SSSR count). The first-order valence-electron chi connectivity index (χ1n) is 4.87. The van der Waals surface area contributed by atoms with Crippen LogP contribution in [0.3, 0.4) is 0 Å². The molecule has 16 heavy (non-hydrogen) atoms. The van der Waals surface area contributed by atoms with Crippen LogP contribution in [0.4, 0.5) is 0 Å². The molecule has 0 spiro atoms. The molecular formula is C13H10Cl2O. The summed E-state index contributed by atoms with van der Waals surface area (Å²) in [7, 11) is 0. The smallest absolute Gasteiger partial charge is 0.132 e. The highest BCUT2D eigenvalue weighted by molar-refractivity contribution is 6.44. The lowest BCUT2D eigenvalue weighted by Gasteiger charge is -2.06. The molecule has 0 N–H and O–H groups in total. The Labute approximate surface area is 105 Å². The van der Waals surface area contributed by atoms with Gasteiger partial charge in [0, 0.05) is 0 Å². The fraction of sp³-hybridized carbons (Fsp3) is 0.0769. The highest BCUT2D eigenvalue weighted by Crippen LogP contribution is 2.27. The van der Waals surface area contributed by atoms with E-state index in [1.54, 1.807) is 0 Å². The molecule has 0 aliphatic heterocycles. The highest BCUT2D eigenvalue weighted by atomic mass is 35.5. The molecule has 0 atom stereocenters. The molecule has 0 aromatic heterocycles. The maximum atomic E-state index is 5.74. The number of hydrogen-bond acceptors (Lipinski definition) is 1. The van der Waals surface area contributed by atoms with Crippen molar-refractivity contribution in [2.24, 2.45) is 0 Å². The third-order valence-corrected chi connectivity index (χ3v) is 2.61. The molecule has 0 fully saturated rings. The molecule has 0 saturated carbocycles. The van der Waals surface area contributed by atoms with Gasteiger partial charge < -0.3 is 4.74 Å². The predicted octanol–water partition coefficient (Wildman–Crippen LogP) is 4.96. The lowest BCUT2D eigenvalue weighted by atomic mass is 10.2. The summed E-state index contributed by atoms with van der Waals surface area (Å²) in [6.45, 7) is 0. The SMILES string of the molecule is ClC(Cl)c1ccc(Oc2ccccc2)cc1. The average Bonchev–Trinajstić information content (AvgIpc) is 2.31. The van der Waals surface area contributed by atoms with Crippen LogP contribution in [-0.4, -0.2) is 0 Å². The maximum Gasteiger partial charge on any atom is 0.132 e. The molecule has 0 bridgehead atoms. The minimum atomic E-state index is -0.495. The van der Waals surface area contributed by atoms with Crippen molar-refractivity contribution in [3.05, 3.63) is 60.2 Å². The third-order valence-electron chi connectivity index (χ3n) is 2.11. The zero-order valence-electron chi connectivity index (χ0n) is 8.44. The van der Waals surface area contributed by atoms with E-state index in [4.69, 9.17) is 27.9 Å². The van der Waals surface area contributed by atoms with Crippen molar-refractivity contribution < 1.29 is 4.74 Å². The summed E-state index contributed by atoms with van der Waals surface area (Å²) in [5.74, 6) is 1.58. The van der Waals surface area contributed by atoms with Gasteiger partial charge in [0.2, 0.25) is 0 Å². The number of benzene rings is 2. The largest absolute Gasteiger partial charge is 0.457 e. The highest BCUT2D eigenvalue weighted by Gasteiger charge is 2.03. The predicted molar refractivity (Wildman–Crippen MR) is 67.4 cm³/mol. The second-order valence-electron chi connectivity index (χ2n) is 3.28. The second-order valence-corrected chi connectivity index (χ2v) is 4.38. The van der Waals surface area contributed by atoms with Gasteiger partial charge in [0.15, 0.2) is 0 Å². The Balaban J connectivity index is 2.11. The van der Waals surface area contributed by atoms with E-state index in [9.17, 15) is 0 Å². The van der Waals surface area contributed by atoms with E-state index >= 15 is 0 Å². The van der Waals surface area contributed by atoms with Crippen LogP contribution in [-0.2, 0) is 0 Å². The van der Waals surface area contributed by atoms with Gasteiger partial charge in [0.1, 0.15) is 16.3 Å². The van der Waals surface area contributed by atoms with Crippen LogP contribution in [0.5, 0.6) is 11.5 Å². The minimum Gasteiger partial charge on any atom is -0.457 e. The van der Waals surface area contributed by atoms with Crippen molar-refractivity contribution in [1.82, 2.24) is 0 Å². The molecule has 1 nitrogen and oxygen atoms in total. The van der Waals surface area contributed by atoms with Gasteiger partial charge in [-0.25, -0.2) is 0 Å². The van der Waals surface area contributed by atoms with Crippen molar-refractivity contribution >= 4 is 23.2 Å². The van der Waals surface area contributed by atoms with E-state index in [-0.39, 0.29) is 0 Å². The molecule has 0 aliphatic rings. The summed E-state index contributed by atoms with van der Waals surface area (Å²) in [6, 6.07) is 17.0. The molecule has 0 saturated heterocycles. The standard InChI is InChI=1S/C13H10Cl2O/c14-13(15)10-6-8-12(9-7-10)16-11-4-2-1-3-5-11/h1-9,13H. The number of hydrogen-bond donors (Lipinski definition) is 0. The van der Waals surface area contributed by atoms with Crippen molar-refractivity contribution in [3.8, 4) is 11.5 Å². The summed E-state index contributed by atoms with van der Waals surface area (Å²) in [5.41, 5.74) is 0.865. The van der Waals surface area contributed by atoms with Crippen LogP contribution >= 0.6 is 23.2 Å². The Morgan fingerprint density at radius 1 is 0.750 bits per heavy atom. The quantitative estimate of drug-likeness (QED) is 0.703. The van der Waals surface area contributed by atoms with E-state index < -0.39 is 4.84 Å². The summed E-state index contributed by atoms with van der Waals surface area (Å²) in [6.07, 6.45) is 0. The molecule has 0 amide bonds. The number of para-hydroxylation sites is 1. The van der Waals surface area contributed by atoms with Crippen molar-refractivity contribution in [2.45, 2.75) is 4.84 Å². The summed E-state index contributed by atoms with van der Waals surface area (Å²) >= 11 is 11.5. The van der Waals surface area contributed by atoms with Crippen LogP contribution in [0.25, 0.3) is 0 Å². The molecule has 2 aromatic carbocycles. The summed E-state index contributed by atoms with van der Waals surface area (Å²) in [5, 5.41) is 0. The fourth-order valence-corrected chi connectivity index (χ4v) is 1.60. The molecule has 82 valence electrons. The van der Waals surface area contributed by atoms with Crippen LogP contribution in [0.1, 0.15) is 10.4 Å². The normalized spacial score (nSPS) is 10.4. The monoisotopic (exact) mass is 252 g/mol. The van der Waals surface area contributed by atoms with Gasteiger partial charge in [-0.05, 0) is 29.8 Å². The Morgan fingerprint density at radius 3 is 1.88 bits per heavy atom. The van der Waals surface area contributed by atoms with Crippen LogP contribution < -0.4 is 4.74 Å². The van der Waals surface area contributed by atoms with Crippen LogP contribution in [0.2, 0.25) is 0 Å². The zero-order valence-corrected chi connectivity index (χ0v) is 9.95. The van der Waals surface area contributed by atoms with Gasteiger partial charge in [-0.1, -0.05) is 30.3 Å². The van der Waals surface area contributed by atoms with Gasteiger partial charge in [-0.2, -0.15) is 0 Å². The fourth-order valence-electron chi connectivity index (χ4n) is 1.31. The van der Waals surface area contributed by atoms with E-state index in [1.165, 1.54) is 0 Å². The lowest BCUT2D eigenvalue weighted by Crippen LogP contribution is -1.85. The van der Waals surface area contributed by atoms with Crippen LogP contribution in [0, 0.1) is 0 Å². The molecule has 3 heteroatoms. The summed E-state index contributed by atoms with van der Waals surface area (Å²) < 4.78 is 5.63. The lowest BCUT2D eigenvalue weighted by molar-refractivity contribution is 0.482. The topological polar surface area (TPSA) is 9.23 Å². The van der Waals surface area contributed by atoms with E-state index in [0.29, 0.717) is 0 Å². The van der Waals surface area contributed by atoms with Gasteiger partial charge >= 0.3 is 0 Å². The average molecular weight is 253 g/mol. The first kappa shape index (κ1) is 11.3. The van der Waals surface area contributed by atoms with Crippen molar-refractivity contribution in [3.63, 3.8) is 0 Å². The zero-order chi connectivity index (χ0) is 11.4. The molecule has 0 radical (unpaired) electrons. The molecule has 0 aliphatic carbocycles. The van der Waals surface area contributed by atoms with Gasteiger partial charge in [0.25, 0.3) is 0 Å². The molecular weight excluding hydrogens is 243 g/mol. The van der Waals surface area contributed by atoms with Gasteiger partial charge in [0.05, 0.1) is 0 Å². The van der Waals surface area contributed by atoms with E-state index in [1.807, 2.05) is 54.6 Å². The Bertz CT molecular complexity index is 437. The van der Waals surface area contributed by atoms with E-state index in [0.717, 1.165) is 17.1 Å². The number of ether oxygens (including phenoxy) is 1. The number of alkyl halides is 2. The third kappa shape index (κ3) is 2.91. The van der Waals surface area contributed by atoms with Crippen LogP contribution in [0.15, 0.2) is 54.6 Å². The second kappa shape index (κ2) is 5.24. The maximum absolute atomic E-state index is 5.74. The van der Waals surface area contributed by atoms with Gasteiger partial charge in [-0.15, -0.1) is 23.2 Å². The Hall–Kier alpha value is -1.18. The molecule has 2 aromatic rings.